The number of hydrogen-bond acceptors (Lipinski definition) is 2. The normalized spacial score (nSPS) is 9.00. The zero-order valence-corrected chi connectivity index (χ0v) is 6.32. The molecule has 0 aromatic heterocycles. The lowest BCUT2D eigenvalue weighted by Gasteiger charge is -1.98. The van der Waals surface area contributed by atoms with Gasteiger partial charge < -0.3 is 4.74 Å². The maximum Gasteiger partial charge on any atom is 0.335 e. The first kappa shape index (κ1) is 8.33. The van der Waals surface area contributed by atoms with Gasteiger partial charge >= 0.3 is 5.97 Å². The zero-order chi connectivity index (χ0) is 8.97. The number of esters is 1. The molecule has 0 aliphatic heterocycles. The molecule has 0 aliphatic rings. The second-order valence-electron chi connectivity index (χ2n) is 2.10. The first-order valence-electron chi connectivity index (χ1n) is 3.33. The van der Waals surface area contributed by atoms with Crippen molar-refractivity contribution in [2.75, 3.05) is 0 Å². The molecule has 1 radical (unpaired) electrons. The van der Waals surface area contributed by atoms with Crippen LogP contribution in [0, 0.1) is 0 Å². The van der Waals surface area contributed by atoms with Crippen LogP contribution in [-0.2, 0) is 9.90 Å². The van der Waals surface area contributed by atoms with Crippen molar-refractivity contribution < 1.29 is 14.6 Å². The quantitative estimate of drug-likeness (QED) is 0.380. The Balaban J connectivity index is 2.71. The summed E-state index contributed by atoms with van der Waals surface area (Å²) in [7, 11) is 0. The SMILES string of the molecule is C=CC(=O)Oc1ccc([O])cc1. The van der Waals surface area contributed by atoms with Crippen LogP contribution in [-0.4, -0.2) is 5.97 Å². The molecule has 0 unspecified atom stereocenters. The van der Waals surface area contributed by atoms with Crippen molar-refractivity contribution in [3.8, 4) is 11.5 Å². The molecule has 0 bridgehead atoms. The van der Waals surface area contributed by atoms with Crippen molar-refractivity contribution in [2.45, 2.75) is 0 Å². The second-order valence-corrected chi connectivity index (χ2v) is 2.10. The first-order valence-corrected chi connectivity index (χ1v) is 3.33. The van der Waals surface area contributed by atoms with Crippen LogP contribution < -0.4 is 4.74 Å². The van der Waals surface area contributed by atoms with Gasteiger partial charge in [0.05, 0.1) is 0 Å². The number of hydrogen-bond donors (Lipinski definition) is 0. The lowest BCUT2D eigenvalue weighted by Crippen LogP contribution is -2.02. The van der Waals surface area contributed by atoms with Crippen LogP contribution in [0.25, 0.3) is 0 Å². The Kier molecular flexibility index (Phi) is 2.48. The monoisotopic (exact) mass is 163 g/mol. The average Bonchev–Trinajstić information content (AvgIpc) is 2.09. The van der Waals surface area contributed by atoms with E-state index >= 15 is 0 Å². The van der Waals surface area contributed by atoms with E-state index in [-0.39, 0.29) is 5.75 Å². The highest BCUT2D eigenvalue weighted by atomic mass is 16.5. The maximum atomic E-state index is 10.6. The molecule has 0 saturated carbocycles. The van der Waals surface area contributed by atoms with Gasteiger partial charge in [-0.3, -0.25) is 5.11 Å². The minimum absolute atomic E-state index is 0.117. The van der Waals surface area contributed by atoms with Crippen molar-refractivity contribution in [1.29, 1.82) is 0 Å². The smallest absolute Gasteiger partial charge is 0.335 e. The third-order valence-electron chi connectivity index (χ3n) is 1.21. The molecule has 12 heavy (non-hydrogen) atoms. The van der Waals surface area contributed by atoms with Crippen LogP contribution >= 0.6 is 0 Å². The standard InChI is InChI=1S/C9H7O3/c1-2-9(11)12-8-5-3-7(10)4-6-8/h2-6H,1H2. The van der Waals surface area contributed by atoms with Crippen molar-refractivity contribution >= 4 is 5.97 Å². The molecule has 0 amide bonds. The highest BCUT2D eigenvalue weighted by Gasteiger charge is 1.98. The van der Waals surface area contributed by atoms with Gasteiger partial charge in [-0.25, -0.2) is 4.79 Å². The number of carbonyl (C=O) groups is 1. The molecule has 3 nitrogen and oxygen atoms in total. The van der Waals surface area contributed by atoms with Crippen LogP contribution in [0.4, 0.5) is 0 Å². The molecular weight excluding hydrogens is 156 g/mol. The number of rotatable bonds is 2. The third kappa shape index (κ3) is 2.12. The van der Waals surface area contributed by atoms with Gasteiger partial charge in [-0.1, -0.05) is 6.58 Å². The summed E-state index contributed by atoms with van der Waals surface area (Å²) in [4.78, 5) is 10.6. The van der Waals surface area contributed by atoms with Crippen molar-refractivity contribution in [3.05, 3.63) is 36.9 Å². The molecule has 1 rings (SSSR count). The van der Waals surface area contributed by atoms with E-state index in [0.29, 0.717) is 5.75 Å². The van der Waals surface area contributed by atoms with E-state index in [0.717, 1.165) is 6.08 Å². The van der Waals surface area contributed by atoms with Crippen LogP contribution in [0.2, 0.25) is 0 Å². The van der Waals surface area contributed by atoms with E-state index in [2.05, 4.69) is 6.58 Å². The van der Waals surface area contributed by atoms with Crippen LogP contribution in [0.1, 0.15) is 0 Å². The minimum Gasteiger partial charge on any atom is -0.423 e. The molecular formula is C9H7O3. The fourth-order valence-corrected chi connectivity index (χ4v) is 0.666. The Morgan fingerprint density at radius 1 is 1.33 bits per heavy atom. The summed E-state index contributed by atoms with van der Waals surface area (Å²) < 4.78 is 4.72. The molecule has 61 valence electrons. The van der Waals surface area contributed by atoms with Gasteiger partial charge in [-0.05, 0) is 24.3 Å². The van der Waals surface area contributed by atoms with Crippen molar-refractivity contribution in [2.24, 2.45) is 0 Å². The van der Waals surface area contributed by atoms with E-state index in [9.17, 15) is 9.90 Å². The highest BCUT2D eigenvalue weighted by molar-refractivity contribution is 5.83. The Morgan fingerprint density at radius 2 is 1.92 bits per heavy atom. The summed E-state index contributed by atoms with van der Waals surface area (Å²) in [5, 5.41) is 10.6. The van der Waals surface area contributed by atoms with Crippen molar-refractivity contribution in [1.82, 2.24) is 0 Å². The van der Waals surface area contributed by atoms with Gasteiger partial charge in [0.2, 0.25) is 0 Å². The second kappa shape index (κ2) is 3.57. The minimum atomic E-state index is -0.534. The molecule has 0 N–H and O–H groups in total. The summed E-state index contributed by atoms with van der Waals surface area (Å²) in [6.45, 7) is 3.24. The van der Waals surface area contributed by atoms with Gasteiger partial charge in [0.1, 0.15) is 5.75 Å². The lowest BCUT2D eigenvalue weighted by molar-refractivity contribution is -0.128. The summed E-state index contributed by atoms with van der Waals surface area (Å²) in [6, 6.07) is 5.52. The highest BCUT2D eigenvalue weighted by Crippen LogP contribution is 2.16. The molecule has 0 aliphatic carbocycles. The first-order chi connectivity index (χ1) is 5.72. The topological polar surface area (TPSA) is 46.2 Å². The van der Waals surface area contributed by atoms with Crippen LogP contribution in [0.15, 0.2) is 36.9 Å². The summed E-state index contributed by atoms with van der Waals surface area (Å²) in [6.07, 6.45) is 1.06. The van der Waals surface area contributed by atoms with E-state index in [4.69, 9.17) is 4.74 Å². The van der Waals surface area contributed by atoms with Gasteiger partial charge in [-0.15, -0.1) is 0 Å². The van der Waals surface area contributed by atoms with E-state index in [1.54, 1.807) is 0 Å². The predicted molar refractivity (Wildman–Crippen MR) is 42.4 cm³/mol. The predicted octanol–water partition coefficient (Wildman–Crippen LogP) is 1.92. The van der Waals surface area contributed by atoms with E-state index < -0.39 is 5.97 Å². The summed E-state index contributed by atoms with van der Waals surface area (Å²) in [5.41, 5.74) is 0. The summed E-state index contributed by atoms with van der Waals surface area (Å²) in [5.74, 6) is -0.304. The Hall–Kier alpha value is -1.77. The molecule has 0 spiro atoms. The molecule has 0 heterocycles. The molecule has 0 saturated heterocycles. The average molecular weight is 163 g/mol. The zero-order valence-electron chi connectivity index (χ0n) is 6.32. The lowest BCUT2D eigenvalue weighted by atomic mass is 10.3. The van der Waals surface area contributed by atoms with E-state index in [1.807, 2.05) is 0 Å². The molecule has 0 fully saturated rings. The Labute approximate surface area is 69.9 Å². The van der Waals surface area contributed by atoms with Gasteiger partial charge in [-0.2, -0.15) is 0 Å². The fourth-order valence-electron chi connectivity index (χ4n) is 0.666. The number of ether oxygens (including phenoxy) is 1. The van der Waals surface area contributed by atoms with Crippen LogP contribution in [0.3, 0.4) is 0 Å². The van der Waals surface area contributed by atoms with Crippen LogP contribution in [0.5, 0.6) is 11.5 Å². The summed E-state index contributed by atoms with van der Waals surface area (Å²) >= 11 is 0. The molecule has 0 atom stereocenters. The number of benzene rings is 1. The van der Waals surface area contributed by atoms with E-state index in [1.165, 1.54) is 24.3 Å². The molecule has 1 aromatic carbocycles. The van der Waals surface area contributed by atoms with Gasteiger partial charge in [0.25, 0.3) is 0 Å². The fraction of sp³-hybridized carbons (Fsp3) is 0. The number of carbonyl (C=O) groups excluding carboxylic acids is 1. The maximum absolute atomic E-state index is 10.6. The van der Waals surface area contributed by atoms with Gasteiger partial charge in [0.15, 0.2) is 5.75 Å². The molecule has 3 heteroatoms. The molecule has 1 aromatic rings. The van der Waals surface area contributed by atoms with Crippen molar-refractivity contribution in [3.63, 3.8) is 0 Å². The third-order valence-corrected chi connectivity index (χ3v) is 1.21. The largest absolute Gasteiger partial charge is 0.423 e. The van der Waals surface area contributed by atoms with Gasteiger partial charge in [0, 0.05) is 6.08 Å². The Morgan fingerprint density at radius 3 is 2.42 bits per heavy atom. The Bertz CT molecular complexity index is 287.